The summed E-state index contributed by atoms with van der Waals surface area (Å²) in [6.07, 6.45) is 0.412. The second-order valence-corrected chi connectivity index (χ2v) is 5.11. The molecular formula is C12H16N2O3S. The summed E-state index contributed by atoms with van der Waals surface area (Å²) >= 11 is 0. The first kappa shape index (κ1) is 14.7. The lowest BCUT2D eigenvalue weighted by Crippen LogP contribution is -2.32. The molecule has 1 aromatic carbocycles. The molecule has 0 saturated heterocycles. The molecule has 0 heterocycles. The van der Waals surface area contributed by atoms with E-state index in [-0.39, 0.29) is 6.61 Å². The Morgan fingerprint density at radius 3 is 2.83 bits per heavy atom. The molecule has 0 aliphatic rings. The van der Waals surface area contributed by atoms with Crippen LogP contribution in [0.15, 0.2) is 24.3 Å². The Morgan fingerprint density at radius 2 is 2.22 bits per heavy atom. The number of nitrogens with two attached hydrogens (primary N) is 1. The van der Waals surface area contributed by atoms with Crippen LogP contribution in [0.4, 0.5) is 0 Å². The second-order valence-electron chi connectivity index (χ2n) is 3.79. The molecule has 0 spiro atoms. The van der Waals surface area contributed by atoms with E-state index in [4.69, 9.17) is 10.2 Å². The van der Waals surface area contributed by atoms with Crippen LogP contribution in [0.5, 0.6) is 0 Å². The molecule has 6 heteroatoms. The number of hydrogen-bond donors (Lipinski definition) is 3. The topological polar surface area (TPSA) is 92.4 Å². The first-order chi connectivity index (χ1) is 8.42. The molecule has 0 aromatic heterocycles. The van der Waals surface area contributed by atoms with Gasteiger partial charge in [0.2, 0.25) is 0 Å². The van der Waals surface area contributed by atoms with Crippen LogP contribution < -0.4 is 9.86 Å². The van der Waals surface area contributed by atoms with Gasteiger partial charge in [0.05, 0.1) is 6.61 Å². The fraction of sp³-hybridized carbons (Fsp3) is 0.333. The smallest absolute Gasteiger partial charge is 0.274 e. The van der Waals surface area contributed by atoms with Gasteiger partial charge in [0.1, 0.15) is 0 Å². The van der Waals surface area contributed by atoms with E-state index in [1.165, 1.54) is 0 Å². The monoisotopic (exact) mass is 268 g/mol. The molecule has 0 amide bonds. The Balaban J connectivity index is 2.86. The third-order valence-corrected chi connectivity index (χ3v) is 2.88. The van der Waals surface area contributed by atoms with Crippen molar-refractivity contribution in [3.63, 3.8) is 0 Å². The van der Waals surface area contributed by atoms with Crippen molar-refractivity contribution >= 4 is 10.2 Å². The van der Waals surface area contributed by atoms with E-state index >= 15 is 0 Å². The zero-order chi connectivity index (χ0) is 13.6. The quantitative estimate of drug-likeness (QED) is 0.685. The van der Waals surface area contributed by atoms with Crippen LogP contribution in [0.3, 0.4) is 0 Å². The minimum atomic E-state index is -3.72. The molecule has 1 atom stereocenters. The standard InChI is InChI=1S/C12H16N2O3S/c1-10(14-18(13,16)17)12-7-4-6-11(9-12)5-2-3-8-15/h4,6-7,9-10,14-15H,3,8H2,1H3,(H2,13,16,17). The summed E-state index contributed by atoms with van der Waals surface area (Å²) in [5.41, 5.74) is 1.55. The largest absolute Gasteiger partial charge is 0.395 e. The molecule has 4 N–H and O–H groups in total. The van der Waals surface area contributed by atoms with Gasteiger partial charge in [0.25, 0.3) is 10.2 Å². The maximum Gasteiger partial charge on any atom is 0.274 e. The van der Waals surface area contributed by atoms with Gasteiger partial charge in [0.15, 0.2) is 0 Å². The molecule has 18 heavy (non-hydrogen) atoms. The number of aliphatic hydroxyl groups is 1. The van der Waals surface area contributed by atoms with Crippen molar-refractivity contribution in [1.82, 2.24) is 4.72 Å². The lowest BCUT2D eigenvalue weighted by molar-refractivity contribution is 0.305. The molecule has 0 aliphatic carbocycles. The highest BCUT2D eigenvalue weighted by Crippen LogP contribution is 2.14. The summed E-state index contributed by atoms with van der Waals surface area (Å²) in [5.74, 6) is 5.69. The van der Waals surface area contributed by atoms with Gasteiger partial charge in [-0.2, -0.15) is 13.1 Å². The van der Waals surface area contributed by atoms with Gasteiger partial charge in [-0.3, -0.25) is 0 Å². The summed E-state index contributed by atoms with van der Waals surface area (Å²) in [6.45, 7) is 1.72. The summed E-state index contributed by atoms with van der Waals surface area (Å²) in [6, 6.07) is 6.77. The zero-order valence-corrected chi connectivity index (χ0v) is 10.9. The van der Waals surface area contributed by atoms with Gasteiger partial charge in [-0.05, 0) is 24.6 Å². The summed E-state index contributed by atoms with van der Waals surface area (Å²) < 4.78 is 24.1. The van der Waals surface area contributed by atoms with Crippen LogP contribution in [0.2, 0.25) is 0 Å². The SMILES string of the molecule is CC(NS(N)(=O)=O)c1cccc(C#CCCO)c1. The summed E-state index contributed by atoms with van der Waals surface area (Å²) in [7, 11) is -3.72. The van der Waals surface area contributed by atoms with E-state index in [2.05, 4.69) is 16.6 Å². The average molecular weight is 268 g/mol. The van der Waals surface area contributed by atoms with Crippen LogP contribution in [-0.2, 0) is 10.2 Å². The van der Waals surface area contributed by atoms with Crippen LogP contribution in [0.25, 0.3) is 0 Å². The van der Waals surface area contributed by atoms with E-state index < -0.39 is 16.3 Å². The number of rotatable bonds is 4. The lowest BCUT2D eigenvalue weighted by Gasteiger charge is -2.12. The third kappa shape index (κ3) is 5.29. The molecule has 5 nitrogen and oxygen atoms in total. The molecule has 98 valence electrons. The van der Waals surface area contributed by atoms with E-state index in [1.54, 1.807) is 25.1 Å². The van der Waals surface area contributed by atoms with Crippen molar-refractivity contribution in [3.05, 3.63) is 35.4 Å². The zero-order valence-electron chi connectivity index (χ0n) is 10.1. The van der Waals surface area contributed by atoms with Gasteiger partial charge < -0.3 is 5.11 Å². The normalized spacial score (nSPS) is 12.6. The highest BCUT2D eigenvalue weighted by atomic mass is 32.2. The highest BCUT2D eigenvalue weighted by Gasteiger charge is 2.10. The predicted molar refractivity (Wildman–Crippen MR) is 69.7 cm³/mol. The maximum absolute atomic E-state index is 10.9. The number of nitrogens with one attached hydrogen (secondary N) is 1. The average Bonchev–Trinajstić information content (AvgIpc) is 2.27. The molecule has 1 unspecified atom stereocenters. The van der Waals surface area contributed by atoms with E-state index in [1.807, 2.05) is 6.07 Å². The van der Waals surface area contributed by atoms with Crippen LogP contribution in [0.1, 0.15) is 30.5 Å². The van der Waals surface area contributed by atoms with Crippen LogP contribution in [0, 0.1) is 11.8 Å². The fourth-order valence-electron chi connectivity index (χ4n) is 1.42. The van der Waals surface area contributed by atoms with E-state index in [0.717, 1.165) is 11.1 Å². The Bertz CT molecular complexity index is 558. The minimum absolute atomic E-state index is 0.0239. The molecule has 1 aromatic rings. The van der Waals surface area contributed by atoms with Crippen LogP contribution in [-0.4, -0.2) is 20.1 Å². The van der Waals surface area contributed by atoms with Gasteiger partial charge in [-0.15, -0.1) is 0 Å². The predicted octanol–water partition coefficient (Wildman–Crippen LogP) is 0.275. The number of hydrogen-bond acceptors (Lipinski definition) is 3. The Hall–Kier alpha value is -1.39. The minimum Gasteiger partial charge on any atom is -0.395 e. The Kier molecular flexibility index (Phi) is 5.31. The van der Waals surface area contributed by atoms with Gasteiger partial charge >= 0.3 is 0 Å². The molecule has 1 rings (SSSR count). The highest BCUT2D eigenvalue weighted by molar-refractivity contribution is 7.87. The van der Waals surface area contributed by atoms with Crippen molar-refractivity contribution in [1.29, 1.82) is 0 Å². The fourth-order valence-corrected chi connectivity index (χ4v) is 2.05. The first-order valence-corrected chi connectivity index (χ1v) is 6.97. The summed E-state index contributed by atoms with van der Waals surface area (Å²) in [5, 5.41) is 13.5. The number of benzene rings is 1. The van der Waals surface area contributed by atoms with Gasteiger partial charge in [0, 0.05) is 18.0 Å². The van der Waals surface area contributed by atoms with Crippen molar-refractivity contribution in [2.45, 2.75) is 19.4 Å². The second kappa shape index (κ2) is 6.52. The van der Waals surface area contributed by atoms with Crippen molar-refractivity contribution < 1.29 is 13.5 Å². The molecule has 0 aliphatic heterocycles. The molecule has 0 fully saturated rings. The van der Waals surface area contributed by atoms with Crippen molar-refractivity contribution in [3.8, 4) is 11.8 Å². The Labute approximate surface area is 107 Å². The van der Waals surface area contributed by atoms with Gasteiger partial charge in [-0.25, -0.2) is 5.14 Å². The van der Waals surface area contributed by atoms with E-state index in [0.29, 0.717) is 6.42 Å². The maximum atomic E-state index is 10.9. The van der Waals surface area contributed by atoms with Crippen molar-refractivity contribution in [2.75, 3.05) is 6.61 Å². The van der Waals surface area contributed by atoms with Crippen molar-refractivity contribution in [2.24, 2.45) is 5.14 Å². The Morgan fingerprint density at radius 1 is 1.50 bits per heavy atom. The van der Waals surface area contributed by atoms with Gasteiger partial charge in [-0.1, -0.05) is 24.0 Å². The molecule has 0 radical (unpaired) electrons. The van der Waals surface area contributed by atoms with Crippen LogP contribution >= 0.6 is 0 Å². The first-order valence-electron chi connectivity index (χ1n) is 5.42. The number of aliphatic hydroxyl groups excluding tert-OH is 1. The summed E-state index contributed by atoms with van der Waals surface area (Å²) in [4.78, 5) is 0. The lowest BCUT2D eigenvalue weighted by atomic mass is 10.1. The third-order valence-electron chi connectivity index (χ3n) is 2.20. The molecular weight excluding hydrogens is 252 g/mol. The molecule has 0 bridgehead atoms. The molecule has 0 saturated carbocycles. The van der Waals surface area contributed by atoms with E-state index in [9.17, 15) is 8.42 Å².